The Morgan fingerprint density at radius 3 is 2.77 bits per heavy atom. The maximum atomic E-state index is 10.9. The zero-order valence-corrected chi connectivity index (χ0v) is 8.86. The Morgan fingerprint density at radius 1 is 1.54 bits per heavy atom. The second-order valence-electron chi connectivity index (χ2n) is 2.69. The molecule has 74 valence electrons. The van der Waals surface area contributed by atoms with Gasteiger partial charge in [-0.3, -0.25) is 4.79 Å². The van der Waals surface area contributed by atoms with E-state index in [1.54, 1.807) is 6.92 Å². The van der Waals surface area contributed by atoms with E-state index in [2.05, 4.69) is 5.73 Å². The van der Waals surface area contributed by atoms with E-state index >= 15 is 0 Å². The fraction of sp³-hybridized carbons (Fsp3) is 0.600. The molecular weight excluding hydrogens is 188 g/mol. The maximum Gasteiger partial charge on any atom is 0.305 e. The van der Waals surface area contributed by atoms with E-state index in [-0.39, 0.29) is 5.97 Å². The van der Waals surface area contributed by atoms with E-state index < -0.39 is 0 Å². The second-order valence-corrected chi connectivity index (χ2v) is 2.91. The number of esters is 1. The Balaban J connectivity index is 3.56. The molecule has 0 aliphatic heterocycles. The van der Waals surface area contributed by atoms with Crippen LogP contribution in [0.1, 0.15) is 33.1 Å². The van der Waals surface area contributed by atoms with Crippen LogP contribution in [0, 0.1) is 0 Å². The molecule has 0 bridgehead atoms. The summed E-state index contributed by atoms with van der Waals surface area (Å²) in [7, 11) is 0. The van der Waals surface area contributed by atoms with Crippen LogP contribution < -0.4 is 0 Å². The van der Waals surface area contributed by atoms with Crippen molar-refractivity contribution in [2.45, 2.75) is 33.1 Å². The highest BCUT2D eigenvalue weighted by molar-refractivity contribution is 6.25. The Hall–Kier alpha value is -0.720. The van der Waals surface area contributed by atoms with Gasteiger partial charge in [-0.05, 0) is 32.3 Å². The van der Waals surface area contributed by atoms with E-state index in [0.29, 0.717) is 13.0 Å². The Morgan fingerprint density at radius 2 is 2.23 bits per heavy atom. The lowest BCUT2D eigenvalue weighted by Gasteiger charge is -2.00. The number of hydrogen-bond acceptors (Lipinski definition) is 2. The van der Waals surface area contributed by atoms with Crippen molar-refractivity contribution in [2.24, 2.45) is 0 Å². The first-order valence-corrected chi connectivity index (χ1v) is 4.80. The lowest BCUT2D eigenvalue weighted by atomic mass is 10.1. The number of carbonyl (C=O) groups is 1. The van der Waals surface area contributed by atoms with Crippen molar-refractivity contribution in [2.75, 3.05) is 6.61 Å². The van der Waals surface area contributed by atoms with Crippen molar-refractivity contribution in [1.29, 1.82) is 0 Å². The van der Waals surface area contributed by atoms with E-state index in [1.165, 1.54) is 5.54 Å². The maximum absolute atomic E-state index is 10.9. The van der Waals surface area contributed by atoms with Crippen LogP contribution in [0.2, 0.25) is 0 Å². The molecule has 13 heavy (non-hydrogen) atoms. The first-order valence-electron chi connectivity index (χ1n) is 4.37. The Bertz CT molecular complexity index is 215. The summed E-state index contributed by atoms with van der Waals surface area (Å²) in [5.74, 6) is -0.134. The van der Waals surface area contributed by atoms with Gasteiger partial charge in [0.15, 0.2) is 0 Å². The third-order valence-corrected chi connectivity index (χ3v) is 1.65. The molecule has 0 N–H and O–H groups in total. The van der Waals surface area contributed by atoms with Crippen molar-refractivity contribution in [3.05, 3.63) is 16.8 Å². The van der Waals surface area contributed by atoms with Crippen LogP contribution >= 0.6 is 11.6 Å². The van der Waals surface area contributed by atoms with E-state index in [0.717, 1.165) is 18.4 Å². The van der Waals surface area contributed by atoms with Crippen molar-refractivity contribution in [3.63, 3.8) is 0 Å². The number of rotatable bonds is 5. The molecule has 0 fully saturated rings. The molecule has 2 nitrogen and oxygen atoms in total. The fourth-order valence-electron chi connectivity index (χ4n) is 0.896. The molecule has 0 atom stereocenters. The average Bonchev–Trinajstić information content (AvgIpc) is 2.05. The van der Waals surface area contributed by atoms with Crippen LogP contribution in [0.4, 0.5) is 0 Å². The van der Waals surface area contributed by atoms with Crippen LogP contribution in [-0.4, -0.2) is 12.6 Å². The van der Waals surface area contributed by atoms with Crippen LogP contribution in [0.5, 0.6) is 0 Å². The number of allylic oxidation sites excluding steroid dienone is 1. The zero-order chi connectivity index (χ0) is 10.1. The number of carbonyl (C=O) groups excluding carboxylic acids is 1. The molecular formula is C10H15ClO2. The van der Waals surface area contributed by atoms with Gasteiger partial charge in [0.1, 0.15) is 0 Å². The van der Waals surface area contributed by atoms with Gasteiger partial charge in [-0.2, -0.15) is 0 Å². The number of ether oxygens (including phenoxy) is 1. The molecule has 0 amide bonds. The van der Waals surface area contributed by atoms with Gasteiger partial charge in [-0.1, -0.05) is 11.6 Å². The highest BCUT2D eigenvalue weighted by atomic mass is 35.5. The molecule has 0 aromatic rings. The monoisotopic (exact) mass is 202 g/mol. The molecule has 0 aromatic carbocycles. The third-order valence-electron chi connectivity index (χ3n) is 1.54. The van der Waals surface area contributed by atoms with E-state index in [4.69, 9.17) is 16.3 Å². The Labute approximate surface area is 84.2 Å². The molecule has 0 aliphatic rings. The molecule has 0 heterocycles. The topological polar surface area (TPSA) is 26.3 Å². The predicted molar refractivity (Wildman–Crippen MR) is 53.6 cm³/mol. The van der Waals surface area contributed by atoms with E-state index in [1.807, 2.05) is 6.92 Å². The molecule has 3 heteroatoms. The predicted octanol–water partition coefficient (Wildman–Crippen LogP) is 3.02. The van der Waals surface area contributed by atoms with Gasteiger partial charge < -0.3 is 4.74 Å². The van der Waals surface area contributed by atoms with Crippen LogP contribution in [-0.2, 0) is 9.53 Å². The summed E-state index contributed by atoms with van der Waals surface area (Å²) in [6.07, 6.45) is 2.10. The normalized spacial score (nSPS) is 8.85. The highest BCUT2D eigenvalue weighted by Crippen LogP contribution is 2.05. The minimum absolute atomic E-state index is 0.134. The summed E-state index contributed by atoms with van der Waals surface area (Å²) in [6.45, 7) is 4.19. The quantitative estimate of drug-likeness (QED) is 0.506. The molecule has 0 saturated heterocycles. The van der Waals surface area contributed by atoms with Gasteiger partial charge in [0.25, 0.3) is 0 Å². The lowest BCUT2D eigenvalue weighted by Crippen LogP contribution is -2.03. The van der Waals surface area contributed by atoms with Crippen LogP contribution in [0.15, 0.2) is 16.8 Å². The van der Waals surface area contributed by atoms with Crippen molar-refractivity contribution in [1.82, 2.24) is 0 Å². The fourth-order valence-corrected chi connectivity index (χ4v) is 1.08. The minimum Gasteiger partial charge on any atom is -0.466 e. The highest BCUT2D eigenvalue weighted by Gasteiger charge is 2.00. The van der Waals surface area contributed by atoms with Crippen molar-refractivity contribution >= 4 is 17.6 Å². The van der Waals surface area contributed by atoms with E-state index in [9.17, 15) is 4.79 Å². The molecule has 0 saturated carbocycles. The summed E-state index contributed by atoms with van der Waals surface area (Å²) >= 11 is 5.34. The summed E-state index contributed by atoms with van der Waals surface area (Å²) in [4.78, 5) is 10.9. The first-order chi connectivity index (χ1) is 6.20. The van der Waals surface area contributed by atoms with Crippen molar-refractivity contribution < 1.29 is 9.53 Å². The molecule has 0 rings (SSSR count). The largest absolute Gasteiger partial charge is 0.466 e. The van der Waals surface area contributed by atoms with Crippen LogP contribution in [0.3, 0.4) is 0 Å². The van der Waals surface area contributed by atoms with Gasteiger partial charge in [0.05, 0.1) is 6.61 Å². The summed E-state index contributed by atoms with van der Waals surface area (Å²) < 4.78 is 4.78. The van der Waals surface area contributed by atoms with Gasteiger partial charge in [0.2, 0.25) is 0 Å². The molecule has 0 aromatic heterocycles. The van der Waals surface area contributed by atoms with Gasteiger partial charge in [-0.15, -0.1) is 5.73 Å². The molecule has 0 radical (unpaired) electrons. The number of hydrogen-bond donors (Lipinski definition) is 0. The SMILES string of the molecule is CCOC(=O)CCCC(C)=C=CCl. The standard InChI is InChI=1S/C10H15ClO2/c1-3-13-10(12)6-4-5-9(2)7-8-11/h8H,3-6H2,1-2H3. The van der Waals surface area contributed by atoms with Gasteiger partial charge in [0, 0.05) is 12.0 Å². The third kappa shape index (κ3) is 7.63. The Kier molecular flexibility index (Phi) is 7.47. The molecule has 0 aliphatic carbocycles. The van der Waals surface area contributed by atoms with Crippen molar-refractivity contribution in [3.8, 4) is 0 Å². The summed E-state index contributed by atoms with van der Waals surface area (Å²) in [5.41, 5.74) is 5.27. The van der Waals surface area contributed by atoms with Gasteiger partial charge in [-0.25, -0.2) is 0 Å². The summed E-state index contributed by atoms with van der Waals surface area (Å²) in [5, 5.41) is 0. The lowest BCUT2D eigenvalue weighted by molar-refractivity contribution is -0.143. The summed E-state index contributed by atoms with van der Waals surface area (Å²) in [6, 6.07) is 0. The molecule has 0 spiro atoms. The second kappa shape index (κ2) is 7.90. The average molecular weight is 203 g/mol. The minimum atomic E-state index is -0.134. The first kappa shape index (κ1) is 12.3. The zero-order valence-electron chi connectivity index (χ0n) is 8.10. The number of halogens is 1. The molecule has 0 unspecified atom stereocenters. The van der Waals surface area contributed by atoms with Crippen LogP contribution in [0.25, 0.3) is 0 Å². The van der Waals surface area contributed by atoms with Gasteiger partial charge >= 0.3 is 5.97 Å². The smallest absolute Gasteiger partial charge is 0.305 e.